The van der Waals surface area contributed by atoms with E-state index >= 15 is 0 Å². The Labute approximate surface area is 384 Å². The molecule has 0 saturated carbocycles. The first-order chi connectivity index (χ1) is 29.7. The van der Waals surface area contributed by atoms with Gasteiger partial charge < -0.3 is 53.3 Å². The van der Waals surface area contributed by atoms with Gasteiger partial charge in [0.2, 0.25) is 11.8 Å². The van der Waals surface area contributed by atoms with Gasteiger partial charge in [0.15, 0.2) is 0 Å². The molecule has 0 spiro atoms. The topological polar surface area (TPSA) is 175 Å². The Hall–Kier alpha value is -5.32. The van der Waals surface area contributed by atoms with E-state index in [1.165, 1.54) is 38.4 Å². The van der Waals surface area contributed by atoms with E-state index < -0.39 is 5.97 Å². The van der Waals surface area contributed by atoms with E-state index in [9.17, 15) is 19.2 Å². The SMILES string of the molecule is C=C(C)C(=O)NC.C=C(C)C(=O)OC.C=C(C)CCOC.C=C(C)COC.C=CC(=O)NC.C=CC(=O)OC.C=CCCOC.C=CCOC.C=COC.C=COCCCCOC. The van der Waals surface area contributed by atoms with Crippen molar-refractivity contribution in [3.63, 3.8) is 0 Å². The lowest BCUT2D eigenvalue weighted by molar-refractivity contribution is -0.136. The largest absolute Gasteiger partial charge is 0.505 e. The van der Waals surface area contributed by atoms with Crippen molar-refractivity contribution in [1.29, 1.82) is 0 Å². The second-order valence-electron chi connectivity index (χ2n) is 11.2. The van der Waals surface area contributed by atoms with Crippen molar-refractivity contribution >= 4 is 23.8 Å². The average molecular weight is 903 g/mol. The number of ether oxygens (including phenoxy) is 9. The quantitative estimate of drug-likeness (QED) is 0.0369. The van der Waals surface area contributed by atoms with Crippen molar-refractivity contribution < 1.29 is 61.8 Å². The zero-order chi connectivity index (χ0) is 51.7. The monoisotopic (exact) mass is 903 g/mol. The number of carbonyl (C=O) groups is 4. The molecule has 0 unspecified atom stereocenters. The molecular weight excluding hydrogens is 813 g/mol. The Kier molecular flexibility index (Phi) is 109. The molecule has 2 N–H and O–H groups in total. The van der Waals surface area contributed by atoms with Crippen LogP contribution in [0.25, 0.3) is 0 Å². The van der Waals surface area contributed by atoms with E-state index in [-0.39, 0.29) is 17.8 Å². The van der Waals surface area contributed by atoms with Crippen LogP contribution in [0.3, 0.4) is 0 Å². The molecular formula is C48H90N2O13. The number of rotatable bonds is 21. The Morgan fingerprint density at radius 3 is 1.14 bits per heavy atom. The molecule has 15 nitrogen and oxygen atoms in total. The Morgan fingerprint density at radius 2 is 1.03 bits per heavy atom. The molecule has 0 aromatic rings. The van der Waals surface area contributed by atoms with Crippen LogP contribution in [0, 0.1) is 0 Å². The summed E-state index contributed by atoms with van der Waals surface area (Å²) >= 11 is 0. The normalized spacial score (nSPS) is 7.78. The van der Waals surface area contributed by atoms with Crippen molar-refractivity contribution in [3.05, 3.63) is 125 Å². The van der Waals surface area contributed by atoms with Gasteiger partial charge in [-0.1, -0.05) is 69.4 Å². The van der Waals surface area contributed by atoms with Crippen LogP contribution in [-0.4, -0.2) is 134 Å². The van der Waals surface area contributed by atoms with Crippen molar-refractivity contribution in [2.45, 2.75) is 53.4 Å². The molecule has 63 heavy (non-hydrogen) atoms. The highest BCUT2D eigenvalue weighted by Crippen LogP contribution is 1.93. The molecule has 0 fully saturated rings. The molecule has 0 aromatic heterocycles. The number of hydrogen-bond acceptors (Lipinski definition) is 13. The van der Waals surface area contributed by atoms with Crippen LogP contribution in [0.5, 0.6) is 0 Å². The van der Waals surface area contributed by atoms with Gasteiger partial charge in [-0.15, -0.1) is 19.7 Å². The standard InChI is InChI=1S/C7H14O2.C6H12O.C5H9NO.C5H8O2.2C5H10O.C4H7NO.C4H6O2.C4H8O.C3H6O/c1-3-9-7-5-4-6-8-2;1-6(2)4-5-7-3;1-4(2)5(7)6-3;1-4(2)5(6)7-3;1-5(2)4-6-3;1-3-4-5-6-2;1-3-4(6)5-2;1-3-4(5)6-2;1-3-4-5-2;1-3-4-2/h3H,1,4-7H2,2H3;1,4-5H2,2-3H3;1H2,2-3H3,(H,6,7);1H2,2-3H3;1,4H2,2-3H3;3H,1,4-5H2,2H3;3H,1H2,2H3,(H,5,6);3H,1H2,2H3;3H,1,4H2,2H3;3H,1H2,2H3. The fourth-order valence-corrected chi connectivity index (χ4v) is 1.93. The van der Waals surface area contributed by atoms with Gasteiger partial charge in [0, 0.05) is 86.7 Å². The second kappa shape index (κ2) is 84.2. The lowest BCUT2D eigenvalue weighted by Crippen LogP contribution is -2.17. The number of carbonyl (C=O) groups excluding carboxylic acids is 4. The second-order valence-corrected chi connectivity index (χ2v) is 11.2. The van der Waals surface area contributed by atoms with Gasteiger partial charge in [-0.3, -0.25) is 9.59 Å². The summed E-state index contributed by atoms with van der Waals surface area (Å²) in [5.74, 6) is -0.981. The van der Waals surface area contributed by atoms with Crippen LogP contribution < -0.4 is 10.6 Å². The molecule has 370 valence electrons. The smallest absolute Gasteiger partial charge is 0.332 e. The minimum Gasteiger partial charge on any atom is -0.505 e. The third kappa shape index (κ3) is 149. The molecule has 0 radical (unpaired) electrons. The summed E-state index contributed by atoms with van der Waals surface area (Å²) in [4.78, 5) is 40.3. The Balaban J connectivity index is -0.0000000623. The molecule has 0 atom stereocenters. The van der Waals surface area contributed by atoms with Gasteiger partial charge in [0.25, 0.3) is 0 Å². The van der Waals surface area contributed by atoms with E-state index in [0.717, 1.165) is 63.8 Å². The van der Waals surface area contributed by atoms with Gasteiger partial charge in [0.1, 0.15) is 0 Å². The number of likely N-dealkylation sites (N-methyl/N-ethyl adjacent to an activating group) is 2. The first-order valence-corrected chi connectivity index (χ1v) is 19.2. The molecule has 0 rings (SSSR count). The van der Waals surface area contributed by atoms with Crippen molar-refractivity contribution in [1.82, 2.24) is 10.6 Å². The molecule has 0 aromatic carbocycles. The van der Waals surface area contributed by atoms with Crippen molar-refractivity contribution in [2.75, 3.05) is 111 Å². The van der Waals surface area contributed by atoms with E-state index in [2.05, 4.69) is 95.4 Å². The van der Waals surface area contributed by atoms with Crippen molar-refractivity contribution in [3.8, 4) is 0 Å². The maximum Gasteiger partial charge on any atom is 0.332 e. The van der Waals surface area contributed by atoms with Crippen LogP contribution in [0.2, 0.25) is 0 Å². The highest BCUT2D eigenvalue weighted by Gasteiger charge is 1.95. The first kappa shape index (κ1) is 81.5. The predicted molar refractivity (Wildman–Crippen MR) is 263 cm³/mol. The third-order valence-electron chi connectivity index (χ3n) is 5.03. The summed E-state index contributed by atoms with van der Waals surface area (Å²) in [6.45, 7) is 45.8. The number of unbranched alkanes of at least 4 members (excludes halogenated alkanes) is 1. The molecule has 15 heteroatoms. The van der Waals surface area contributed by atoms with Crippen molar-refractivity contribution in [2.24, 2.45) is 0 Å². The van der Waals surface area contributed by atoms with Crippen LogP contribution in [0.1, 0.15) is 53.4 Å². The number of esters is 2. The summed E-state index contributed by atoms with van der Waals surface area (Å²) < 4.78 is 41.2. The van der Waals surface area contributed by atoms with Crippen LogP contribution in [0.4, 0.5) is 0 Å². The Morgan fingerprint density at radius 1 is 0.540 bits per heavy atom. The third-order valence-corrected chi connectivity index (χ3v) is 5.03. The number of hydrogen-bond donors (Lipinski definition) is 2. The summed E-state index contributed by atoms with van der Waals surface area (Å²) in [6.07, 6.45) is 12.8. The zero-order valence-corrected chi connectivity index (χ0v) is 41.9. The molecule has 0 bridgehead atoms. The van der Waals surface area contributed by atoms with Crippen LogP contribution in [-0.2, 0) is 61.8 Å². The van der Waals surface area contributed by atoms with Gasteiger partial charge >= 0.3 is 11.9 Å². The van der Waals surface area contributed by atoms with E-state index in [0.29, 0.717) is 24.4 Å². The van der Waals surface area contributed by atoms with E-state index in [1.54, 1.807) is 76.7 Å². The van der Waals surface area contributed by atoms with Gasteiger partial charge in [-0.2, -0.15) is 0 Å². The molecule has 0 aliphatic carbocycles. The van der Waals surface area contributed by atoms with Gasteiger partial charge in [0.05, 0.1) is 53.7 Å². The van der Waals surface area contributed by atoms with Crippen LogP contribution >= 0.6 is 0 Å². The van der Waals surface area contributed by atoms with E-state index in [1.807, 2.05) is 19.9 Å². The summed E-state index contributed by atoms with van der Waals surface area (Å²) in [6, 6.07) is 0. The molecule has 0 heterocycles. The molecule has 0 aliphatic rings. The average Bonchev–Trinajstić information content (AvgIpc) is 3.28. The van der Waals surface area contributed by atoms with Gasteiger partial charge in [-0.05, 0) is 59.5 Å². The molecule has 2 amide bonds. The number of amides is 2. The summed E-state index contributed by atoms with van der Waals surface area (Å²) in [5.41, 5.74) is 3.23. The Bertz CT molecular complexity index is 1090. The van der Waals surface area contributed by atoms with Crippen LogP contribution in [0.15, 0.2) is 125 Å². The summed E-state index contributed by atoms with van der Waals surface area (Å²) in [7, 11) is 15.7. The minimum absolute atomic E-state index is 0.0972. The van der Waals surface area contributed by atoms with E-state index in [4.69, 9.17) is 23.7 Å². The lowest BCUT2D eigenvalue weighted by Gasteiger charge is -1.98. The first-order valence-electron chi connectivity index (χ1n) is 19.2. The number of nitrogens with one attached hydrogen (secondary N) is 2. The number of methoxy groups -OCH3 is 8. The maximum absolute atomic E-state index is 10.3. The highest BCUT2D eigenvalue weighted by atomic mass is 16.5. The minimum atomic E-state index is -0.394. The predicted octanol–water partition coefficient (Wildman–Crippen LogP) is 8.49. The fraction of sp³-hybridized carbons (Fsp3) is 0.500. The molecule has 0 saturated heterocycles. The fourth-order valence-electron chi connectivity index (χ4n) is 1.93. The summed E-state index contributed by atoms with van der Waals surface area (Å²) in [5, 5.41) is 4.78. The van der Waals surface area contributed by atoms with Gasteiger partial charge in [-0.25, -0.2) is 9.59 Å². The molecule has 0 aliphatic heterocycles. The highest BCUT2D eigenvalue weighted by molar-refractivity contribution is 5.91. The maximum atomic E-state index is 10.3. The lowest BCUT2D eigenvalue weighted by atomic mass is 10.3. The zero-order valence-electron chi connectivity index (χ0n) is 41.9.